The van der Waals surface area contributed by atoms with Gasteiger partial charge in [-0.15, -0.1) is 12.4 Å². The molecule has 0 spiro atoms. The van der Waals surface area contributed by atoms with Crippen molar-refractivity contribution in [1.82, 2.24) is 5.32 Å². The standard InChI is InChI=1S/C17H26N2O.ClH/c1-12-6-7-16(9-13(12)2)19-17(20)10-14(3)15-5-4-8-18-11-15;/h6-7,9,14-15,18H,4-5,8,10-11H2,1-3H3,(H,19,20);1H. The molecule has 1 heterocycles. The maximum Gasteiger partial charge on any atom is 0.224 e. The third kappa shape index (κ3) is 5.33. The maximum absolute atomic E-state index is 12.1. The van der Waals surface area contributed by atoms with Crippen LogP contribution >= 0.6 is 12.4 Å². The zero-order valence-corrected chi connectivity index (χ0v) is 14.1. The topological polar surface area (TPSA) is 41.1 Å². The minimum Gasteiger partial charge on any atom is -0.326 e. The molecule has 0 radical (unpaired) electrons. The Hall–Kier alpha value is -1.06. The van der Waals surface area contributed by atoms with Gasteiger partial charge in [0.25, 0.3) is 0 Å². The first-order valence-corrected chi connectivity index (χ1v) is 7.64. The Balaban J connectivity index is 0.00000220. The van der Waals surface area contributed by atoms with Gasteiger partial charge in [-0.2, -0.15) is 0 Å². The third-order valence-corrected chi connectivity index (χ3v) is 4.44. The molecular weight excluding hydrogens is 284 g/mol. The Morgan fingerprint density at radius 1 is 1.38 bits per heavy atom. The van der Waals surface area contributed by atoms with Crippen LogP contribution in [0.3, 0.4) is 0 Å². The molecule has 0 bridgehead atoms. The Morgan fingerprint density at radius 3 is 2.76 bits per heavy atom. The molecule has 1 saturated heterocycles. The van der Waals surface area contributed by atoms with Crippen molar-refractivity contribution in [2.24, 2.45) is 11.8 Å². The number of piperidine rings is 1. The van der Waals surface area contributed by atoms with Gasteiger partial charge in [-0.1, -0.05) is 13.0 Å². The van der Waals surface area contributed by atoms with E-state index in [0.717, 1.165) is 18.8 Å². The second-order valence-electron chi connectivity index (χ2n) is 6.14. The number of hydrogen-bond donors (Lipinski definition) is 2. The largest absolute Gasteiger partial charge is 0.326 e. The quantitative estimate of drug-likeness (QED) is 0.890. The average molecular weight is 311 g/mol. The molecule has 2 rings (SSSR count). The van der Waals surface area contributed by atoms with Crippen LogP contribution < -0.4 is 10.6 Å². The molecule has 2 N–H and O–H groups in total. The number of amides is 1. The van der Waals surface area contributed by atoms with Crippen molar-refractivity contribution in [2.75, 3.05) is 18.4 Å². The highest BCUT2D eigenvalue weighted by molar-refractivity contribution is 5.91. The smallest absolute Gasteiger partial charge is 0.224 e. The van der Waals surface area contributed by atoms with Gasteiger partial charge in [0.1, 0.15) is 0 Å². The van der Waals surface area contributed by atoms with E-state index in [4.69, 9.17) is 0 Å². The van der Waals surface area contributed by atoms with Crippen molar-refractivity contribution in [3.05, 3.63) is 29.3 Å². The predicted octanol–water partition coefficient (Wildman–Crippen LogP) is 3.69. The first-order valence-electron chi connectivity index (χ1n) is 7.64. The summed E-state index contributed by atoms with van der Waals surface area (Å²) in [6, 6.07) is 6.08. The number of anilines is 1. The summed E-state index contributed by atoms with van der Waals surface area (Å²) in [6.07, 6.45) is 3.08. The molecule has 2 atom stereocenters. The fourth-order valence-electron chi connectivity index (χ4n) is 2.85. The van der Waals surface area contributed by atoms with E-state index in [-0.39, 0.29) is 18.3 Å². The molecule has 0 saturated carbocycles. The number of hydrogen-bond acceptors (Lipinski definition) is 2. The van der Waals surface area contributed by atoms with Gasteiger partial charge in [0, 0.05) is 12.1 Å². The molecule has 21 heavy (non-hydrogen) atoms. The molecule has 1 aromatic rings. The fourth-order valence-corrected chi connectivity index (χ4v) is 2.85. The van der Waals surface area contributed by atoms with Crippen LogP contribution in [-0.4, -0.2) is 19.0 Å². The van der Waals surface area contributed by atoms with Crippen molar-refractivity contribution < 1.29 is 4.79 Å². The van der Waals surface area contributed by atoms with E-state index in [2.05, 4.69) is 37.5 Å². The van der Waals surface area contributed by atoms with Crippen molar-refractivity contribution in [1.29, 1.82) is 0 Å². The third-order valence-electron chi connectivity index (χ3n) is 4.44. The highest BCUT2D eigenvalue weighted by Gasteiger charge is 2.21. The van der Waals surface area contributed by atoms with Crippen LogP contribution in [0, 0.1) is 25.7 Å². The first-order chi connectivity index (χ1) is 9.56. The number of carbonyl (C=O) groups is 1. The monoisotopic (exact) mass is 310 g/mol. The van der Waals surface area contributed by atoms with E-state index in [1.807, 2.05) is 12.1 Å². The minimum atomic E-state index is 0. The van der Waals surface area contributed by atoms with E-state index < -0.39 is 0 Å². The second kappa shape index (κ2) is 8.40. The van der Waals surface area contributed by atoms with E-state index >= 15 is 0 Å². The minimum absolute atomic E-state index is 0. The van der Waals surface area contributed by atoms with Crippen LogP contribution in [0.15, 0.2) is 18.2 Å². The summed E-state index contributed by atoms with van der Waals surface area (Å²) in [5.74, 6) is 1.20. The lowest BCUT2D eigenvalue weighted by Crippen LogP contribution is -2.34. The van der Waals surface area contributed by atoms with Gasteiger partial charge in [0.05, 0.1) is 0 Å². The van der Waals surface area contributed by atoms with Gasteiger partial charge >= 0.3 is 0 Å². The lowest BCUT2D eigenvalue weighted by Gasteiger charge is -2.28. The van der Waals surface area contributed by atoms with E-state index in [1.54, 1.807) is 0 Å². The summed E-state index contributed by atoms with van der Waals surface area (Å²) in [5, 5.41) is 6.44. The summed E-state index contributed by atoms with van der Waals surface area (Å²) >= 11 is 0. The molecule has 1 fully saturated rings. The highest BCUT2D eigenvalue weighted by atomic mass is 35.5. The second-order valence-corrected chi connectivity index (χ2v) is 6.14. The molecule has 0 aromatic heterocycles. The summed E-state index contributed by atoms with van der Waals surface area (Å²) in [4.78, 5) is 12.1. The number of aryl methyl sites for hydroxylation is 2. The zero-order chi connectivity index (χ0) is 14.5. The van der Waals surface area contributed by atoms with Crippen molar-refractivity contribution in [3.8, 4) is 0 Å². The number of nitrogens with one attached hydrogen (secondary N) is 2. The van der Waals surface area contributed by atoms with Crippen LogP contribution in [0.25, 0.3) is 0 Å². The Morgan fingerprint density at radius 2 is 2.14 bits per heavy atom. The summed E-state index contributed by atoms with van der Waals surface area (Å²) < 4.78 is 0. The molecule has 1 aliphatic rings. The van der Waals surface area contributed by atoms with Gasteiger partial charge in [-0.3, -0.25) is 4.79 Å². The number of rotatable bonds is 4. The zero-order valence-electron chi connectivity index (χ0n) is 13.2. The Labute approximate surface area is 134 Å². The van der Waals surface area contributed by atoms with E-state index in [9.17, 15) is 4.79 Å². The molecular formula is C17H27ClN2O. The molecule has 118 valence electrons. The number of carbonyl (C=O) groups excluding carboxylic acids is 1. The summed E-state index contributed by atoms with van der Waals surface area (Å²) in [5.41, 5.74) is 3.38. The molecule has 4 heteroatoms. The van der Waals surface area contributed by atoms with Gasteiger partial charge in [-0.05, 0) is 74.9 Å². The van der Waals surface area contributed by atoms with Gasteiger partial charge in [0.2, 0.25) is 5.91 Å². The average Bonchev–Trinajstić information content (AvgIpc) is 2.44. The molecule has 1 aromatic carbocycles. The van der Waals surface area contributed by atoms with Crippen LogP contribution in [0.2, 0.25) is 0 Å². The van der Waals surface area contributed by atoms with Crippen LogP contribution in [-0.2, 0) is 4.79 Å². The van der Waals surface area contributed by atoms with Gasteiger partial charge in [0.15, 0.2) is 0 Å². The van der Waals surface area contributed by atoms with E-state index in [0.29, 0.717) is 18.3 Å². The predicted molar refractivity (Wildman–Crippen MR) is 91.2 cm³/mol. The van der Waals surface area contributed by atoms with Gasteiger partial charge < -0.3 is 10.6 Å². The number of halogens is 1. The lowest BCUT2D eigenvalue weighted by molar-refractivity contribution is -0.117. The Kier molecular flexibility index (Phi) is 7.20. The molecule has 1 aliphatic heterocycles. The Bertz CT molecular complexity index is 470. The van der Waals surface area contributed by atoms with Crippen molar-refractivity contribution in [3.63, 3.8) is 0 Å². The van der Waals surface area contributed by atoms with Crippen LogP contribution in [0.5, 0.6) is 0 Å². The van der Waals surface area contributed by atoms with Crippen molar-refractivity contribution >= 4 is 24.0 Å². The maximum atomic E-state index is 12.1. The summed E-state index contributed by atoms with van der Waals surface area (Å²) in [7, 11) is 0. The summed E-state index contributed by atoms with van der Waals surface area (Å²) in [6.45, 7) is 8.52. The van der Waals surface area contributed by atoms with Crippen LogP contribution in [0.4, 0.5) is 5.69 Å². The molecule has 0 aliphatic carbocycles. The normalized spacial score (nSPS) is 19.5. The van der Waals surface area contributed by atoms with E-state index in [1.165, 1.54) is 24.0 Å². The first kappa shape index (κ1) is 18.0. The number of benzene rings is 1. The molecule has 2 unspecified atom stereocenters. The SMILES string of the molecule is Cc1ccc(NC(=O)CC(C)C2CCCNC2)cc1C.Cl. The molecule has 3 nitrogen and oxygen atoms in total. The fraction of sp³-hybridized carbons (Fsp3) is 0.588. The molecule has 1 amide bonds. The van der Waals surface area contributed by atoms with Crippen LogP contribution in [0.1, 0.15) is 37.3 Å². The highest BCUT2D eigenvalue weighted by Crippen LogP contribution is 2.23. The van der Waals surface area contributed by atoms with Crippen molar-refractivity contribution in [2.45, 2.75) is 40.0 Å². The van der Waals surface area contributed by atoms with Gasteiger partial charge in [-0.25, -0.2) is 0 Å². The lowest BCUT2D eigenvalue weighted by atomic mass is 9.85.